The van der Waals surface area contributed by atoms with Crippen molar-refractivity contribution in [1.29, 1.82) is 0 Å². The van der Waals surface area contributed by atoms with Crippen LogP contribution >= 0.6 is 0 Å². The maximum Gasteiger partial charge on any atom is 0.330 e. The molecule has 0 fully saturated rings. The maximum atomic E-state index is 11.4. The molecule has 24 heavy (non-hydrogen) atoms. The van der Waals surface area contributed by atoms with Crippen LogP contribution in [-0.2, 0) is 9.53 Å². The topological polar surface area (TPSA) is 26.3 Å². The standard InChI is InChI=1S/C22H32O2/c1-7-24-21(23)16-18(3)11-8-10-17(2)13-14-20-19(4)12-9-15-22(20,5)6/h8,10-11,13-14,16H,7,9,12,15H2,1-6H3/b11-8+,14-13+,17-10+,18-16+/i16+1,21+1. The van der Waals surface area contributed by atoms with Gasteiger partial charge in [0.05, 0.1) is 6.61 Å². The monoisotopic (exact) mass is 330 g/mol. The number of carbonyl (C=O) groups excluding carboxylic acids is 1. The molecule has 0 spiro atoms. The number of carbonyl (C=O) groups is 1. The molecule has 1 aliphatic carbocycles. The van der Waals surface area contributed by atoms with Gasteiger partial charge in [-0.15, -0.1) is 0 Å². The molecule has 0 N–H and O–H groups in total. The van der Waals surface area contributed by atoms with Gasteiger partial charge in [-0.1, -0.05) is 55.4 Å². The molecule has 0 aromatic carbocycles. The van der Waals surface area contributed by atoms with Crippen molar-refractivity contribution in [2.75, 3.05) is 6.61 Å². The number of hydrogen-bond donors (Lipinski definition) is 0. The highest BCUT2D eigenvalue weighted by molar-refractivity contribution is 5.83. The highest BCUT2D eigenvalue weighted by Gasteiger charge is 2.26. The first-order valence-electron chi connectivity index (χ1n) is 8.84. The van der Waals surface area contributed by atoms with E-state index in [1.54, 1.807) is 6.92 Å². The van der Waals surface area contributed by atoms with Gasteiger partial charge in [0.15, 0.2) is 0 Å². The Morgan fingerprint density at radius 3 is 2.54 bits per heavy atom. The van der Waals surface area contributed by atoms with Gasteiger partial charge in [-0.2, -0.15) is 0 Å². The van der Waals surface area contributed by atoms with Crippen molar-refractivity contribution in [2.45, 2.75) is 60.8 Å². The second-order valence-electron chi connectivity index (χ2n) is 7.17. The van der Waals surface area contributed by atoms with E-state index < -0.39 is 0 Å². The lowest BCUT2D eigenvalue weighted by Crippen LogP contribution is -2.19. The Balaban J connectivity index is 2.73. The van der Waals surface area contributed by atoms with E-state index in [4.69, 9.17) is 4.74 Å². The molecule has 0 bridgehead atoms. The maximum absolute atomic E-state index is 11.4. The average molecular weight is 330 g/mol. The molecule has 1 rings (SSSR count). The predicted octanol–water partition coefficient (Wildman–Crippen LogP) is 6.08. The molecule has 0 aromatic rings. The van der Waals surface area contributed by atoms with Crippen molar-refractivity contribution in [2.24, 2.45) is 5.41 Å². The Morgan fingerprint density at radius 1 is 1.21 bits per heavy atom. The van der Waals surface area contributed by atoms with Crippen LogP contribution in [0.4, 0.5) is 0 Å². The van der Waals surface area contributed by atoms with Crippen molar-refractivity contribution in [3.05, 3.63) is 58.7 Å². The molecule has 0 aliphatic heterocycles. The lowest BCUT2D eigenvalue weighted by atomic mass is 9.72. The second-order valence-corrected chi connectivity index (χ2v) is 7.17. The van der Waals surface area contributed by atoms with Crippen molar-refractivity contribution in [3.63, 3.8) is 0 Å². The van der Waals surface area contributed by atoms with Gasteiger partial charge >= 0.3 is 5.97 Å². The minimum atomic E-state index is -0.290. The molecule has 132 valence electrons. The minimum absolute atomic E-state index is 0.272. The van der Waals surface area contributed by atoms with Crippen LogP contribution in [0.3, 0.4) is 0 Å². The van der Waals surface area contributed by atoms with Crippen LogP contribution in [0.5, 0.6) is 0 Å². The minimum Gasteiger partial charge on any atom is -0.463 e. The Labute approximate surface area is 147 Å². The normalized spacial score (nSPS) is 19.4. The first kappa shape index (κ1) is 20.2. The van der Waals surface area contributed by atoms with Gasteiger partial charge in [-0.3, -0.25) is 0 Å². The smallest absolute Gasteiger partial charge is 0.330 e. The molecule has 0 saturated carbocycles. The van der Waals surface area contributed by atoms with Crippen LogP contribution in [0.2, 0.25) is 0 Å². The van der Waals surface area contributed by atoms with Gasteiger partial charge in [-0.25, -0.2) is 4.79 Å². The number of esters is 1. The summed E-state index contributed by atoms with van der Waals surface area (Å²) in [6.07, 6.45) is 15.7. The van der Waals surface area contributed by atoms with Crippen molar-refractivity contribution < 1.29 is 9.53 Å². The van der Waals surface area contributed by atoms with E-state index in [1.807, 2.05) is 19.1 Å². The summed E-state index contributed by atoms with van der Waals surface area (Å²) in [6.45, 7) is 13.1. The summed E-state index contributed by atoms with van der Waals surface area (Å²) >= 11 is 0. The highest BCUT2D eigenvalue weighted by Crippen LogP contribution is 2.40. The van der Waals surface area contributed by atoms with Gasteiger partial charge in [-0.05, 0) is 63.5 Å². The Kier molecular flexibility index (Phi) is 7.97. The van der Waals surface area contributed by atoms with Gasteiger partial charge in [0.1, 0.15) is 0 Å². The van der Waals surface area contributed by atoms with Gasteiger partial charge < -0.3 is 4.74 Å². The number of allylic oxidation sites excluding steroid dienone is 9. The zero-order valence-electron chi connectivity index (χ0n) is 16.1. The van der Waals surface area contributed by atoms with Crippen LogP contribution < -0.4 is 0 Å². The van der Waals surface area contributed by atoms with E-state index in [0.717, 1.165) is 5.57 Å². The van der Waals surface area contributed by atoms with E-state index in [1.165, 1.54) is 42.1 Å². The average Bonchev–Trinajstić information content (AvgIpc) is 2.46. The summed E-state index contributed by atoms with van der Waals surface area (Å²) in [7, 11) is 0. The summed E-state index contributed by atoms with van der Waals surface area (Å²) in [5.41, 5.74) is 5.33. The lowest BCUT2D eigenvalue weighted by Gasteiger charge is -2.32. The molecule has 0 amide bonds. The van der Waals surface area contributed by atoms with Gasteiger partial charge in [0, 0.05) is 6.08 Å². The Morgan fingerprint density at radius 2 is 1.92 bits per heavy atom. The van der Waals surface area contributed by atoms with Crippen LogP contribution in [0.1, 0.15) is 60.8 Å². The molecule has 0 atom stereocenters. The van der Waals surface area contributed by atoms with Crippen molar-refractivity contribution in [1.82, 2.24) is 0 Å². The quantitative estimate of drug-likeness (QED) is 0.255. The first-order chi connectivity index (χ1) is 11.3. The molecule has 0 radical (unpaired) electrons. The Bertz CT molecular complexity index is 595. The fraction of sp³-hybridized carbons (Fsp3) is 0.500. The molecule has 2 nitrogen and oxygen atoms in total. The van der Waals surface area contributed by atoms with E-state index in [2.05, 4.69) is 45.9 Å². The van der Waals surface area contributed by atoms with Gasteiger partial charge in [0.25, 0.3) is 0 Å². The molecule has 1 aliphatic rings. The van der Waals surface area contributed by atoms with E-state index in [9.17, 15) is 4.79 Å². The number of hydrogen-bond acceptors (Lipinski definition) is 2. The van der Waals surface area contributed by atoms with E-state index in [-0.39, 0.29) is 11.4 Å². The predicted molar refractivity (Wildman–Crippen MR) is 103 cm³/mol. The molecular weight excluding hydrogens is 298 g/mol. The van der Waals surface area contributed by atoms with E-state index >= 15 is 0 Å². The molecule has 0 saturated heterocycles. The molecule has 0 aromatic heterocycles. The van der Waals surface area contributed by atoms with Crippen LogP contribution in [0, 0.1) is 5.41 Å². The van der Waals surface area contributed by atoms with Crippen molar-refractivity contribution in [3.8, 4) is 0 Å². The fourth-order valence-corrected chi connectivity index (χ4v) is 3.05. The third kappa shape index (κ3) is 6.74. The third-order valence-corrected chi connectivity index (χ3v) is 4.41. The largest absolute Gasteiger partial charge is 0.463 e. The zero-order chi connectivity index (χ0) is 18.2. The number of rotatable bonds is 6. The molecule has 0 heterocycles. The summed E-state index contributed by atoms with van der Waals surface area (Å²) in [5, 5.41) is 0. The first-order valence-corrected chi connectivity index (χ1v) is 8.84. The van der Waals surface area contributed by atoms with Crippen LogP contribution in [0.15, 0.2) is 58.7 Å². The van der Waals surface area contributed by atoms with Crippen molar-refractivity contribution >= 4 is 5.97 Å². The SMILES string of the molecule is CCO[13C](=O)/[13CH]=C(C)/C=C/C=C(C)/C=C/C1=C(C)CCCC1(C)C. The second kappa shape index (κ2) is 9.46. The third-order valence-electron chi connectivity index (χ3n) is 4.41. The lowest BCUT2D eigenvalue weighted by molar-refractivity contribution is -0.137. The summed E-state index contributed by atoms with van der Waals surface area (Å²) < 4.78 is 4.89. The van der Waals surface area contributed by atoms with Gasteiger partial charge in [0.2, 0.25) is 0 Å². The highest BCUT2D eigenvalue weighted by atomic mass is 16.6. The zero-order valence-corrected chi connectivity index (χ0v) is 16.1. The van der Waals surface area contributed by atoms with Crippen LogP contribution in [0.25, 0.3) is 0 Å². The fourth-order valence-electron chi connectivity index (χ4n) is 3.05. The number of ether oxygens (including phenoxy) is 1. The molecule has 0 unspecified atom stereocenters. The molecule has 2 heteroatoms. The molecular formula is C22H32O2. The summed E-state index contributed by atoms with van der Waals surface area (Å²) in [5.74, 6) is -0.290. The Hall–Kier alpha value is -1.83. The summed E-state index contributed by atoms with van der Waals surface area (Å²) in [6, 6.07) is 0. The van der Waals surface area contributed by atoms with E-state index in [0.29, 0.717) is 6.61 Å². The summed E-state index contributed by atoms with van der Waals surface area (Å²) in [4.78, 5) is 11.4. The van der Waals surface area contributed by atoms with Crippen LogP contribution in [-0.4, -0.2) is 12.6 Å².